The van der Waals surface area contributed by atoms with Crippen LogP contribution in [-0.2, 0) is 0 Å². The lowest BCUT2D eigenvalue weighted by atomic mass is 9.74. The predicted octanol–water partition coefficient (Wildman–Crippen LogP) is 13.2. The van der Waals surface area contributed by atoms with Crippen LogP contribution in [0.4, 0.5) is 11.4 Å². The number of benzene rings is 4. The van der Waals surface area contributed by atoms with Gasteiger partial charge in [0.2, 0.25) is 5.71 Å². The van der Waals surface area contributed by atoms with Gasteiger partial charge in [0, 0.05) is 34.1 Å². The summed E-state index contributed by atoms with van der Waals surface area (Å²) >= 11 is 0. The number of allylic oxidation sites excluding steroid dienone is 7. The molecule has 2 aliphatic carbocycles. The van der Waals surface area contributed by atoms with Crippen LogP contribution < -0.4 is 4.90 Å². The number of furan rings is 1. The van der Waals surface area contributed by atoms with Crippen LogP contribution in [0.2, 0.25) is 0 Å². The average Bonchev–Trinajstić information content (AvgIpc) is 3.64. The molecule has 9 rings (SSSR count). The molecule has 0 radical (unpaired) electrons. The van der Waals surface area contributed by atoms with Gasteiger partial charge >= 0.3 is 0 Å². The number of aromatic nitrogens is 1. The SMILES string of the molecule is CC.CC1=CC(c2ccc3c(c2)oc2c3c3ccc(C)cc3n2C2=C=CCCC=C2)=CCC1C1c2ccc(C)cc2N(c2ccccc2)C1C. The van der Waals surface area contributed by atoms with E-state index >= 15 is 0 Å². The number of para-hydroxylation sites is 1. The van der Waals surface area contributed by atoms with Gasteiger partial charge in [-0.25, -0.2) is 0 Å². The van der Waals surface area contributed by atoms with Crippen molar-refractivity contribution in [2.24, 2.45) is 5.92 Å². The highest BCUT2D eigenvalue weighted by Gasteiger charge is 2.41. The number of nitrogens with zero attached hydrogens (tertiary/aromatic N) is 2. The predicted molar refractivity (Wildman–Crippen MR) is 213 cm³/mol. The maximum Gasteiger partial charge on any atom is 0.214 e. The Kier molecular flexibility index (Phi) is 8.25. The van der Waals surface area contributed by atoms with Crippen molar-refractivity contribution in [3.63, 3.8) is 0 Å². The third-order valence-electron chi connectivity index (χ3n) is 10.9. The fraction of sp³-hybridized carbons (Fsp3) is 0.255. The largest absolute Gasteiger partial charge is 0.439 e. The first-order valence-corrected chi connectivity index (χ1v) is 18.4. The van der Waals surface area contributed by atoms with Crippen LogP contribution in [0.25, 0.3) is 44.2 Å². The molecular weight excluding hydrogens is 609 g/mol. The number of rotatable bonds is 4. The Morgan fingerprint density at radius 3 is 2.42 bits per heavy atom. The molecule has 0 N–H and O–H groups in total. The fourth-order valence-electron chi connectivity index (χ4n) is 8.59. The maximum absolute atomic E-state index is 6.78. The molecule has 3 atom stereocenters. The second kappa shape index (κ2) is 12.9. The minimum Gasteiger partial charge on any atom is -0.439 e. The standard InChI is InChI=1S/C45H40N2O.C2H6/c1-28-16-20-37-40(24-28)46(34-12-10-7-11-13-34)31(4)43(37)36-22-18-32(26-30(36)3)33-19-23-39-42(27-33)48-45-44(39)38-21-17-29(2)25-41(38)47(45)35-14-8-5-6-9-15-35;1-2/h7-14,16-21,23-27,31,36,43H,5-6,22H2,1-4H3;1-2H3. The van der Waals surface area contributed by atoms with E-state index in [0.717, 1.165) is 41.6 Å². The summed E-state index contributed by atoms with van der Waals surface area (Å²) in [6.45, 7) is 13.1. The van der Waals surface area contributed by atoms with Crippen LogP contribution in [0.1, 0.15) is 75.1 Å². The van der Waals surface area contributed by atoms with Crippen molar-refractivity contribution in [3.8, 4) is 0 Å². The fourth-order valence-corrected chi connectivity index (χ4v) is 8.59. The van der Waals surface area contributed by atoms with E-state index in [1.165, 1.54) is 61.1 Å². The zero-order chi connectivity index (χ0) is 34.5. The first-order valence-electron chi connectivity index (χ1n) is 18.4. The molecule has 0 amide bonds. The van der Waals surface area contributed by atoms with E-state index in [0.29, 0.717) is 17.9 Å². The van der Waals surface area contributed by atoms with E-state index in [1.807, 2.05) is 13.8 Å². The minimum atomic E-state index is 0.359. The molecule has 3 nitrogen and oxygen atoms in total. The Morgan fingerprint density at radius 2 is 1.60 bits per heavy atom. The smallest absolute Gasteiger partial charge is 0.214 e. The van der Waals surface area contributed by atoms with Crippen molar-refractivity contribution < 1.29 is 4.42 Å². The van der Waals surface area contributed by atoms with Crippen molar-refractivity contribution in [1.29, 1.82) is 0 Å². The lowest BCUT2D eigenvalue weighted by Crippen LogP contribution is -2.31. The topological polar surface area (TPSA) is 21.3 Å². The number of hydrogen-bond acceptors (Lipinski definition) is 2. The Bertz CT molecular complexity index is 2420. The van der Waals surface area contributed by atoms with E-state index < -0.39 is 0 Å². The first kappa shape index (κ1) is 32.0. The molecule has 3 heterocycles. The molecule has 3 aliphatic rings. The molecule has 3 heteroatoms. The number of anilines is 2. The zero-order valence-corrected chi connectivity index (χ0v) is 30.1. The van der Waals surface area contributed by atoms with Gasteiger partial charge in [0.25, 0.3) is 0 Å². The molecule has 4 aromatic carbocycles. The Balaban J connectivity index is 0.00000177. The van der Waals surface area contributed by atoms with Crippen LogP contribution in [0.15, 0.2) is 131 Å². The van der Waals surface area contributed by atoms with Crippen LogP contribution >= 0.6 is 0 Å². The lowest BCUT2D eigenvalue weighted by molar-refractivity contribution is 0.445. The molecular formula is C47H46N2O. The quantitative estimate of drug-likeness (QED) is 0.176. The Labute approximate surface area is 296 Å². The normalized spacial score (nSPS) is 20.0. The van der Waals surface area contributed by atoms with Gasteiger partial charge in [-0.15, -0.1) is 0 Å². The molecule has 250 valence electrons. The van der Waals surface area contributed by atoms with Crippen LogP contribution in [0, 0.1) is 19.8 Å². The summed E-state index contributed by atoms with van der Waals surface area (Å²) in [5.74, 6) is 0.860. The summed E-state index contributed by atoms with van der Waals surface area (Å²) in [6.07, 6.45) is 14.5. The van der Waals surface area contributed by atoms with Crippen LogP contribution in [-0.4, -0.2) is 10.6 Å². The number of aryl methyl sites for hydroxylation is 2. The van der Waals surface area contributed by atoms with E-state index in [-0.39, 0.29) is 0 Å². The maximum atomic E-state index is 6.78. The molecule has 1 aliphatic heterocycles. The van der Waals surface area contributed by atoms with E-state index in [4.69, 9.17) is 4.42 Å². The highest BCUT2D eigenvalue weighted by atomic mass is 16.3. The van der Waals surface area contributed by atoms with Crippen LogP contribution in [0.5, 0.6) is 0 Å². The lowest BCUT2D eigenvalue weighted by Gasteiger charge is -2.33. The van der Waals surface area contributed by atoms with Crippen molar-refractivity contribution in [2.45, 2.75) is 72.8 Å². The third kappa shape index (κ3) is 5.20. The molecule has 0 spiro atoms. The highest BCUT2D eigenvalue weighted by Crippen LogP contribution is 2.52. The van der Waals surface area contributed by atoms with Crippen molar-refractivity contribution >= 4 is 55.6 Å². The number of hydrogen-bond donors (Lipinski definition) is 0. The third-order valence-corrected chi connectivity index (χ3v) is 10.9. The van der Waals surface area contributed by atoms with Crippen LogP contribution in [0.3, 0.4) is 0 Å². The molecule has 0 saturated carbocycles. The summed E-state index contributed by atoms with van der Waals surface area (Å²) in [4.78, 5) is 2.56. The van der Waals surface area contributed by atoms with Gasteiger partial charge in [0.05, 0.1) is 16.6 Å². The Morgan fingerprint density at radius 1 is 0.820 bits per heavy atom. The van der Waals surface area contributed by atoms with E-state index in [9.17, 15) is 0 Å². The van der Waals surface area contributed by atoms with Gasteiger partial charge in [0.15, 0.2) is 0 Å². The van der Waals surface area contributed by atoms with Gasteiger partial charge in [-0.1, -0.05) is 91.9 Å². The van der Waals surface area contributed by atoms with Crippen molar-refractivity contribution in [2.75, 3.05) is 4.90 Å². The van der Waals surface area contributed by atoms with Gasteiger partial charge in [-0.05, 0) is 129 Å². The summed E-state index contributed by atoms with van der Waals surface area (Å²) < 4.78 is 9.04. The first-order chi connectivity index (χ1) is 24.5. The molecule has 3 unspecified atom stereocenters. The van der Waals surface area contributed by atoms with Gasteiger partial charge in [0.1, 0.15) is 5.58 Å². The molecule has 2 aromatic heterocycles. The van der Waals surface area contributed by atoms with Gasteiger partial charge in [-0.3, -0.25) is 4.57 Å². The number of fused-ring (bicyclic) bond motifs is 6. The molecule has 0 fully saturated rings. The zero-order valence-electron chi connectivity index (χ0n) is 30.1. The molecule has 0 bridgehead atoms. The van der Waals surface area contributed by atoms with E-state index in [2.05, 4.69) is 158 Å². The molecule has 6 aromatic rings. The summed E-state index contributed by atoms with van der Waals surface area (Å²) in [6, 6.07) is 31.8. The molecule has 50 heavy (non-hydrogen) atoms. The Hall–Kier alpha value is -5.24. The average molecular weight is 655 g/mol. The van der Waals surface area contributed by atoms with Crippen molar-refractivity contribution in [1.82, 2.24) is 4.57 Å². The minimum absolute atomic E-state index is 0.359. The summed E-state index contributed by atoms with van der Waals surface area (Å²) in [5, 5.41) is 3.55. The highest BCUT2D eigenvalue weighted by molar-refractivity contribution is 6.20. The second-order valence-electron chi connectivity index (χ2n) is 14.0. The van der Waals surface area contributed by atoms with Crippen molar-refractivity contribution in [3.05, 3.63) is 149 Å². The summed E-state index contributed by atoms with van der Waals surface area (Å²) in [5.41, 5.74) is 18.1. The summed E-state index contributed by atoms with van der Waals surface area (Å²) in [7, 11) is 0. The second-order valence-corrected chi connectivity index (χ2v) is 14.0. The van der Waals surface area contributed by atoms with E-state index in [1.54, 1.807) is 0 Å². The van der Waals surface area contributed by atoms with Gasteiger partial charge in [-0.2, -0.15) is 0 Å². The van der Waals surface area contributed by atoms with Gasteiger partial charge < -0.3 is 9.32 Å². The monoisotopic (exact) mass is 654 g/mol. The molecule has 0 saturated heterocycles.